The molecule has 0 bridgehead atoms. The lowest BCUT2D eigenvalue weighted by Gasteiger charge is -2.33. The van der Waals surface area contributed by atoms with E-state index in [9.17, 15) is 14.4 Å². The van der Waals surface area contributed by atoms with Crippen LogP contribution >= 0.6 is 0 Å². The van der Waals surface area contributed by atoms with Gasteiger partial charge >= 0.3 is 5.97 Å². The molecule has 1 aliphatic rings. The summed E-state index contributed by atoms with van der Waals surface area (Å²) in [6.07, 6.45) is 0.218. The van der Waals surface area contributed by atoms with E-state index in [1.54, 1.807) is 6.92 Å². The summed E-state index contributed by atoms with van der Waals surface area (Å²) in [5.74, 6) is -1.36. The van der Waals surface area contributed by atoms with E-state index in [-0.39, 0.29) is 29.7 Å². The number of nitrogens with zero attached hydrogens (tertiary/aromatic N) is 1. The Kier molecular flexibility index (Phi) is 2.90. The number of ketones is 1. The Bertz CT molecular complexity index is 550. The van der Waals surface area contributed by atoms with Gasteiger partial charge in [0.05, 0.1) is 11.3 Å². The SMILES string of the molecule is CC(=O)N1c2ccc(C(=O)O)cc2C(=O)CC1C. The van der Waals surface area contributed by atoms with Crippen molar-refractivity contribution in [2.45, 2.75) is 26.3 Å². The number of hydrogen-bond acceptors (Lipinski definition) is 3. The van der Waals surface area contributed by atoms with E-state index in [4.69, 9.17) is 5.11 Å². The van der Waals surface area contributed by atoms with Crippen molar-refractivity contribution in [2.75, 3.05) is 4.90 Å². The third-order valence-electron chi connectivity index (χ3n) is 3.06. The predicted molar refractivity (Wildman–Crippen MR) is 65.0 cm³/mol. The van der Waals surface area contributed by atoms with Crippen LogP contribution in [0.5, 0.6) is 0 Å². The van der Waals surface area contributed by atoms with Crippen molar-refractivity contribution < 1.29 is 19.5 Å². The maximum Gasteiger partial charge on any atom is 0.335 e. The van der Waals surface area contributed by atoms with Crippen LogP contribution < -0.4 is 4.90 Å². The van der Waals surface area contributed by atoms with Gasteiger partial charge in [-0.3, -0.25) is 9.59 Å². The van der Waals surface area contributed by atoms with Gasteiger partial charge in [-0.25, -0.2) is 4.79 Å². The molecule has 0 saturated heterocycles. The second kappa shape index (κ2) is 4.25. The summed E-state index contributed by atoms with van der Waals surface area (Å²) in [7, 11) is 0. The Morgan fingerprint density at radius 1 is 1.39 bits per heavy atom. The Morgan fingerprint density at radius 2 is 2.06 bits per heavy atom. The van der Waals surface area contributed by atoms with Crippen LogP contribution in [0.4, 0.5) is 5.69 Å². The lowest BCUT2D eigenvalue weighted by Crippen LogP contribution is -2.42. The van der Waals surface area contributed by atoms with Crippen molar-refractivity contribution in [3.63, 3.8) is 0 Å². The average Bonchev–Trinajstić information content (AvgIpc) is 2.27. The smallest absolute Gasteiger partial charge is 0.335 e. The molecule has 1 amide bonds. The Morgan fingerprint density at radius 3 is 2.61 bits per heavy atom. The number of Topliss-reactive ketones (excluding diaryl/α,β-unsaturated/α-hetero) is 1. The molecule has 2 rings (SSSR count). The van der Waals surface area contributed by atoms with E-state index >= 15 is 0 Å². The number of carbonyl (C=O) groups is 3. The number of benzene rings is 1. The Hall–Kier alpha value is -2.17. The minimum Gasteiger partial charge on any atom is -0.478 e. The van der Waals surface area contributed by atoms with Crippen molar-refractivity contribution in [3.8, 4) is 0 Å². The van der Waals surface area contributed by atoms with Crippen molar-refractivity contribution in [1.29, 1.82) is 0 Å². The summed E-state index contributed by atoms with van der Waals surface area (Å²) < 4.78 is 0. The minimum absolute atomic E-state index is 0.0557. The maximum atomic E-state index is 11.9. The summed E-state index contributed by atoms with van der Waals surface area (Å²) in [5.41, 5.74) is 0.861. The van der Waals surface area contributed by atoms with Crippen LogP contribution in [0.3, 0.4) is 0 Å². The molecule has 1 aromatic carbocycles. The highest BCUT2D eigenvalue weighted by molar-refractivity contribution is 6.10. The highest BCUT2D eigenvalue weighted by Gasteiger charge is 2.31. The van der Waals surface area contributed by atoms with Crippen molar-refractivity contribution in [2.24, 2.45) is 0 Å². The molecular formula is C13H13NO4. The zero-order chi connectivity index (χ0) is 13.4. The minimum atomic E-state index is -1.08. The van der Waals surface area contributed by atoms with E-state index in [1.165, 1.54) is 30.0 Å². The third kappa shape index (κ3) is 1.88. The predicted octanol–water partition coefficient (Wildman–Crippen LogP) is 1.71. The lowest BCUT2D eigenvalue weighted by atomic mass is 9.93. The van der Waals surface area contributed by atoms with Crippen molar-refractivity contribution >= 4 is 23.3 Å². The van der Waals surface area contributed by atoms with Crippen LogP contribution in [0.2, 0.25) is 0 Å². The fourth-order valence-electron chi connectivity index (χ4n) is 2.29. The van der Waals surface area contributed by atoms with Crippen LogP contribution in [0.25, 0.3) is 0 Å². The van der Waals surface area contributed by atoms with E-state index in [0.717, 1.165) is 0 Å². The maximum absolute atomic E-state index is 11.9. The van der Waals surface area contributed by atoms with Gasteiger partial charge in [0.15, 0.2) is 5.78 Å². The monoisotopic (exact) mass is 247 g/mol. The second-order valence-electron chi connectivity index (χ2n) is 4.40. The first-order chi connectivity index (χ1) is 8.41. The van der Waals surface area contributed by atoms with Gasteiger partial charge in [0, 0.05) is 24.9 Å². The van der Waals surface area contributed by atoms with Crippen molar-refractivity contribution in [3.05, 3.63) is 29.3 Å². The Balaban J connectivity index is 2.59. The summed E-state index contributed by atoms with van der Waals surface area (Å²) >= 11 is 0. The molecule has 94 valence electrons. The number of anilines is 1. The molecule has 1 heterocycles. The zero-order valence-electron chi connectivity index (χ0n) is 10.1. The van der Waals surface area contributed by atoms with E-state index in [0.29, 0.717) is 11.3 Å². The number of aromatic carboxylic acids is 1. The number of carboxylic acids is 1. The van der Waals surface area contributed by atoms with E-state index in [2.05, 4.69) is 0 Å². The molecule has 0 fully saturated rings. The molecule has 1 N–H and O–H groups in total. The van der Waals surface area contributed by atoms with E-state index < -0.39 is 5.97 Å². The molecule has 0 radical (unpaired) electrons. The van der Waals surface area contributed by atoms with Gasteiger partial charge < -0.3 is 10.0 Å². The molecule has 0 aromatic heterocycles. The molecule has 1 unspecified atom stereocenters. The Labute approximate surface area is 104 Å². The first-order valence-corrected chi connectivity index (χ1v) is 5.62. The van der Waals surface area contributed by atoms with Gasteiger partial charge in [-0.15, -0.1) is 0 Å². The molecule has 1 aromatic rings. The summed E-state index contributed by atoms with van der Waals surface area (Å²) in [5, 5.41) is 8.91. The highest BCUT2D eigenvalue weighted by atomic mass is 16.4. The molecule has 0 spiro atoms. The molecule has 5 heteroatoms. The van der Waals surface area contributed by atoms with Gasteiger partial charge in [0.2, 0.25) is 5.91 Å². The molecule has 0 saturated carbocycles. The molecule has 18 heavy (non-hydrogen) atoms. The first kappa shape index (κ1) is 12.3. The summed E-state index contributed by atoms with van der Waals surface area (Å²) in [6, 6.07) is 4.07. The largest absolute Gasteiger partial charge is 0.478 e. The normalized spacial score (nSPS) is 18.4. The highest BCUT2D eigenvalue weighted by Crippen LogP contribution is 2.31. The van der Waals surface area contributed by atoms with Crippen molar-refractivity contribution in [1.82, 2.24) is 0 Å². The summed E-state index contributed by atoms with van der Waals surface area (Å²) in [4.78, 5) is 35.9. The van der Waals surface area contributed by atoms with Gasteiger partial charge in [-0.05, 0) is 25.1 Å². The molecule has 1 aliphatic heterocycles. The quantitative estimate of drug-likeness (QED) is 0.819. The number of hydrogen-bond donors (Lipinski definition) is 1. The second-order valence-corrected chi connectivity index (χ2v) is 4.40. The summed E-state index contributed by atoms with van der Waals surface area (Å²) in [6.45, 7) is 3.23. The lowest BCUT2D eigenvalue weighted by molar-refractivity contribution is -0.117. The van der Waals surface area contributed by atoms with Crippen LogP contribution in [0.1, 0.15) is 41.0 Å². The zero-order valence-corrected chi connectivity index (χ0v) is 10.1. The van der Waals surface area contributed by atoms with Crippen LogP contribution in [-0.2, 0) is 4.79 Å². The van der Waals surface area contributed by atoms with Gasteiger partial charge in [0.25, 0.3) is 0 Å². The molecule has 1 atom stereocenters. The number of carboxylic acid groups (broad SMARTS) is 1. The van der Waals surface area contributed by atoms with Crippen LogP contribution in [-0.4, -0.2) is 28.8 Å². The number of carbonyl (C=O) groups excluding carboxylic acids is 2. The fraction of sp³-hybridized carbons (Fsp3) is 0.308. The van der Waals surface area contributed by atoms with Crippen LogP contribution in [0, 0.1) is 0 Å². The van der Waals surface area contributed by atoms with E-state index in [1.807, 2.05) is 0 Å². The first-order valence-electron chi connectivity index (χ1n) is 5.62. The average molecular weight is 247 g/mol. The van der Waals surface area contributed by atoms with Crippen LogP contribution in [0.15, 0.2) is 18.2 Å². The van der Waals surface area contributed by atoms with Gasteiger partial charge in [-0.2, -0.15) is 0 Å². The molecular weight excluding hydrogens is 234 g/mol. The molecule has 5 nitrogen and oxygen atoms in total. The number of fused-ring (bicyclic) bond motifs is 1. The molecule has 0 aliphatic carbocycles. The van der Waals surface area contributed by atoms with Gasteiger partial charge in [0.1, 0.15) is 0 Å². The van der Waals surface area contributed by atoms with Gasteiger partial charge in [-0.1, -0.05) is 0 Å². The number of amides is 1. The number of rotatable bonds is 1. The topological polar surface area (TPSA) is 74.7 Å². The fourth-order valence-corrected chi connectivity index (χ4v) is 2.29. The standard InChI is InChI=1S/C13H13NO4/c1-7-5-12(16)10-6-9(13(17)18)3-4-11(10)14(7)8(2)15/h3-4,6-7H,5H2,1-2H3,(H,17,18). The third-order valence-corrected chi connectivity index (χ3v) is 3.06.